The van der Waals surface area contributed by atoms with Gasteiger partial charge in [0, 0.05) is 17.6 Å². The molecule has 0 radical (unpaired) electrons. The Morgan fingerprint density at radius 1 is 1.36 bits per heavy atom. The molecule has 114 valence electrons. The first-order valence-electron chi connectivity index (χ1n) is 6.96. The second kappa shape index (κ2) is 6.85. The molecule has 1 heterocycles. The summed E-state index contributed by atoms with van der Waals surface area (Å²) in [6.45, 7) is 9.54. The summed E-state index contributed by atoms with van der Waals surface area (Å²) in [5.41, 5.74) is 4.41. The Kier molecular flexibility index (Phi) is 4.88. The molecule has 0 saturated heterocycles. The van der Waals surface area contributed by atoms with Crippen LogP contribution in [-0.4, -0.2) is 22.8 Å². The molecule has 1 aromatic heterocycles. The maximum Gasteiger partial charge on any atom is 0.227 e. The van der Waals surface area contributed by atoms with Gasteiger partial charge in [0.15, 0.2) is 0 Å². The van der Waals surface area contributed by atoms with Crippen LogP contribution in [0.15, 0.2) is 42.0 Å². The number of benzene rings is 1. The molecule has 2 rings (SSSR count). The number of nitrogens with zero attached hydrogens (tertiary/aromatic N) is 3. The fraction of sp³-hybridized carbons (Fsp3) is 0.235. The largest absolute Gasteiger partial charge is 0.495 e. The standard InChI is InChI=1S/C17H20N4O/c1-6-12(3)19-14-7-8-16(22-5)15(9-14)21-17-18-10-11(2)13(4)20-17/h6-10H,1H2,2-5H3,(H,18,20,21). The van der Waals surface area contributed by atoms with Gasteiger partial charge in [-0.15, -0.1) is 0 Å². The van der Waals surface area contributed by atoms with Crippen LogP contribution in [0, 0.1) is 13.8 Å². The molecule has 0 aliphatic carbocycles. The van der Waals surface area contributed by atoms with Crippen LogP contribution in [0.4, 0.5) is 17.3 Å². The van der Waals surface area contributed by atoms with E-state index in [1.807, 2.05) is 39.0 Å². The predicted molar refractivity (Wildman–Crippen MR) is 90.7 cm³/mol. The Bertz CT molecular complexity index is 723. The lowest BCUT2D eigenvalue weighted by Crippen LogP contribution is -2.01. The molecule has 0 bridgehead atoms. The van der Waals surface area contributed by atoms with Gasteiger partial charge in [0.2, 0.25) is 5.95 Å². The van der Waals surface area contributed by atoms with Gasteiger partial charge in [0.25, 0.3) is 0 Å². The fourth-order valence-corrected chi connectivity index (χ4v) is 1.82. The van der Waals surface area contributed by atoms with E-state index in [0.717, 1.165) is 28.3 Å². The van der Waals surface area contributed by atoms with E-state index in [1.165, 1.54) is 0 Å². The summed E-state index contributed by atoms with van der Waals surface area (Å²) in [7, 11) is 1.62. The van der Waals surface area contributed by atoms with Gasteiger partial charge in [-0.05, 0) is 50.6 Å². The molecular formula is C17H20N4O. The third-order valence-corrected chi connectivity index (χ3v) is 3.26. The van der Waals surface area contributed by atoms with Gasteiger partial charge in [-0.1, -0.05) is 6.58 Å². The quantitative estimate of drug-likeness (QED) is 0.843. The molecule has 0 fully saturated rings. The van der Waals surface area contributed by atoms with Gasteiger partial charge < -0.3 is 10.1 Å². The number of hydrogen-bond donors (Lipinski definition) is 1. The van der Waals surface area contributed by atoms with Gasteiger partial charge in [-0.25, -0.2) is 9.97 Å². The summed E-state index contributed by atoms with van der Waals surface area (Å²) in [6, 6.07) is 5.64. The average molecular weight is 296 g/mol. The fourth-order valence-electron chi connectivity index (χ4n) is 1.82. The summed E-state index contributed by atoms with van der Waals surface area (Å²) in [5, 5.41) is 3.18. The van der Waals surface area contributed by atoms with Crippen molar-refractivity contribution in [3.8, 4) is 5.75 Å². The van der Waals surface area contributed by atoms with E-state index in [9.17, 15) is 0 Å². The highest BCUT2D eigenvalue weighted by molar-refractivity contribution is 5.94. The molecule has 22 heavy (non-hydrogen) atoms. The van der Waals surface area contributed by atoms with Crippen LogP contribution in [0.1, 0.15) is 18.2 Å². The highest BCUT2D eigenvalue weighted by atomic mass is 16.5. The topological polar surface area (TPSA) is 59.4 Å². The highest BCUT2D eigenvalue weighted by Gasteiger charge is 2.07. The minimum Gasteiger partial charge on any atom is -0.495 e. The first-order chi connectivity index (χ1) is 10.5. The molecule has 0 aliphatic heterocycles. The van der Waals surface area contributed by atoms with Crippen LogP contribution in [0.2, 0.25) is 0 Å². The molecule has 0 aliphatic rings. The minimum absolute atomic E-state index is 0.531. The van der Waals surface area contributed by atoms with Crippen molar-refractivity contribution in [2.75, 3.05) is 12.4 Å². The Morgan fingerprint density at radius 2 is 2.14 bits per heavy atom. The number of rotatable bonds is 5. The Labute approximate surface area is 130 Å². The number of aromatic nitrogens is 2. The Morgan fingerprint density at radius 3 is 2.77 bits per heavy atom. The van der Waals surface area contributed by atoms with Crippen molar-refractivity contribution in [3.05, 3.63) is 48.3 Å². The normalized spacial score (nSPS) is 11.2. The maximum atomic E-state index is 5.37. The molecule has 0 spiro atoms. The zero-order valence-electron chi connectivity index (χ0n) is 13.3. The Hall–Kier alpha value is -2.69. The van der Waals surface area contributed by atoms with Crippen molar-refractivity contribution in [2.45, 2.75) is 20.8 Å². The van der Waals surface area contributed by atoms with Gasteiger partial charge in [0.05, 0.1) is 18.5 Å². The third-order valence-electron chi connectivity index (χ3n) is 3.26. The number of methoxy groups -OCH3 is 1. The van der Waals surface area contributed by atoms with Crippen molar-refractivity contribution in [3.63, 3.8) is 0 Å². The van der Waals surface area contributed by atoms with E-state index in [4.69, 9.17) is 4.74 Å². The molecule has 0 atom stereocenters. The van der Waals surface area contributed by atoms with Crippen LogP contribution < -0.4 is 10.1 Å². The molecular weight excluding hydrogens is 276 g/mol. The molecule has 5 nitrogen and oxygen atoms in total. The lowest BCUT2D eigenvalue weighted by Gasteiger charge is -2.11. The molecule has 2 aromatic rings. The summed E-state index contributed by atoms with van der Waals surface area (Å²) < 4.78 is 5.37. The third kappa shape index (κ3) is 3.69. The van der Waals surface area contributed by atoms with Crippen molar-refractivity contribution < 1.29 is 4.74 Å². The van der Waals surface area contributed by atoms with Crippen LogP contribution >= 0.6 is 0 Å². The van der Waals surface area contributed by atoms with E-state index >= 15 is 0 Å². The van der Waals surface area contributed by atoms with Crippen molar-refractivity contribution in [1.82, 2.24) is 9.97 Å². The second-order valence-corrected chi connectivity index (χ2v) is 4.93. The number of allylic oxidation sites excluding steroid dienone is 1. The number of hydrogen-bond acceptors (Lipinski definition) is 5. The molecule has 0 saturated carbocycles. The summed E-state index contributed by atoms with van der Waals surface area (Å²) in [5.74, 6) is 1.24. The van der Waals surface area contributed by atoms with Gasteiger partial charge in [0.1, 0.15) is 5.75 Å². The summed E-state index contributed by atoms with van der Waals surface area (Å²) in [4.78, 5) is 13.2. The van der Waals surface area contributed by atoms with Crippen molar-refractivity contribution in [1.29, 1.82) is 0 Å². The lowest BCUT2D eigenvalue weighted by molar-refractivity contribution is 0.417. The molecule has 0 amide bonds. The number of aryl methyl sites for hydroxylation is 2. The van der Waals surface area contributed by atoms with Crippen LogP contribution in [0.25, 0.3) is 0 Å². The van der Waals surface area contributed by atoms with E-state index in [1.54, 1.807) is 19.4 Å². The van der Waals surface area contributed by atoms with E-state index in [-0.39, 0.29) is 0 Å². The Balaban J connectivity index is 2.37. The van der Waals surface area contributed by atoms with E-state index in [2.05, 4.69) is 26.9 Å². The van der Waals surface area contributed by atoms with E-state index < -0.39 is 0 Å². The lowest BCUT2D eigenvalue weighted by atomic mass is 10.2. The number of anilines is 2. The van der Waals surface area contributed by atoms with Gasteiger partial charge in [-0.3, -0.25) is 4.99 Å². The van der Waals surface area contributed by atoms with Crippen molar-refractivity contribution in [2.24, 2.45) is 4.99 Å². The molecule has 0 unspecified atom stereocenters. The SMILES string of the molecule is C=CC(C)=Nc1ccc(OC)c(Nc2ncc(C)c(C)n2)c1. The summed E-state index contributed by atoms with van der Waals surface area (Å²) in [6.07, 6.45) is 3.50. The number of ether oxygens (including phenoxy) is 1. The first-order valence-corrected chi connectivity index (χ1v) is 6.96. The van der Waals surface area contributed by atoms with Crippen LogP contribution in [-0.2, 0) is 0 Å². The highest BCUT2D eigenvalue weighted by Crippen LogP contribution is 2.31. The second-order valence-electron chi connectivity index (χ2n) is 4.93. The maximum absolute atomic E-state index is 5.37. The zero-order valence-corrected chi connectivity index (χ0v) is 13.3. The summed E-state index contributed by atoms with van der Waals surface area (Å²) >= 11 is 0. The number of aliphatic imine (C=N–C) groups is 1. The number of nitrogens with one attached hydrogen (secondary N) is 1. The molecule has 1 aromatic carbocycles. The predicted octanol–water partition coefficient (Wildman–Crippen LogP) is 4.12. The minimum atomic E-state index is 0.531. The van der Waals surface area contributed by atoms with Crippen molar-refractivity contribution >= 4 is 23.0 Å². The van der Waals surface area contributed by atoms with E-state index in [0.29, 0.717) is 11.7 Å². The monoisotopic (exact) mass is 296 g/mol. The molecule has 1 N–H and O–H groups in total. The van der Waals surface area contributed by atoms with Gasteiger partial charge in [-0.2, -0.15) is 0 Å². The first kappa shape index (κ1) is 15.7. The van der Waals surface area contributed by atoms with Gasteiger partial charge >= 0.3 is 0 Å². The zero-order chi connectivity index (χ0) is 16.1. The van der Waals surface area contributed by atoms with Crippen LogP contribution in [0.3, 0.4) is 0 Å². The molecule has 5 heteroatoms. The average Bonchev–Trinajstić information content (AvgIpc) is 2.51. The smallest absolute Gasteiger partial charge is 0.227 e. The van der Waals surface area contributed by atoms with Crippen LogP contribution in [0.5, 0.6) is 5.75 Å².